The maximum absolute atomic E-state index is 5.75. The van der Waals surface area contributed by atoms with Crippen molar-refractivity contribution in [1.29, 1.82) is 0 Å². The quantitative estimate of drug-likeness (QED) is 0.727. The normalized spacial score (nSPS) is 16.8. The minimum absolute atomic E-state index is 0.703. The van der Waals surface area contributed by atoms with Gasteiger partial charge in [-0.2, -0.15) is 0 Å². The first-order valence-electron chi connectivity index (χ1n) is 3.68. The lowest BCUT2D eigenvalue weighted by molar-refractivity contribution is 1.10. The van der Waals surface area contributed by atoms with Crippen LogP contribution in [0.4, 0.5) is 5.69 Å². The highest BCUT2D eigenvalue weighted by molar-refractivity contribution is 9.10. The highest BCUT2D eigenvalue weighted by Crippen LogP contribution is 2.42. The predicted octanol–water partition coefficient (Wildman–Crippen LogP) is 2.30. The van der Waals surface area contributed by atoms with Gasteiger partial charge in [-0.05, 0) is 46.3 Å². The van der Waals surface area contributed by atoms with Gasteiger partial charge in [0.05, 0.1) is 11.9 Å². The summed E-state index contributed by atoms with van der Waals surface area (Å²) in [4.78, 5) is 4.04. The van der Waals surface area contributed by atoms with Gasteiger partial charge in [0.2, 0.25) is 0 Å². The van der Waals surface area contributed by atoms with Crippen molar-refractivity contribution in [3.63, 3.8) is 0 Å². The Kier molecular flexibility index (Phi) is 1.60. The molecule has 58 valence electrons. The molecule has 0 amide bonds. The van der Waals surface area contributed by atoms with Crippen LogP contribution in [0, 0.1) is 0 Å². The Hall–Kier alpha value is -0.570. The van der Waals surface area contributed by atoms with E-state index in [-0.39, 0.29) is 0 Å². The molecule has 2 rings (SSSR count). The van der Waals surface area contributed by atoms with Gasteiger partial charge < -0.3 is 5.73 Å². The smallest absolute Gasteiger partial charge is 0.106 e. The Balaban J connectivity index is 2.42. The van der Waals surface area contributed by atoms with Crippen molar-refractivity contribution >= 4 is 21.6 Å². The van der Waals surface area contributed by atoms with Crippen LogP contribution in [0.2, 0.25) is 0 Å². The van der Waals surface area contributed by atoms with Crippen molar-refractivity contribution in [2.45, 2.75) is 18.8 Å². The van der Waals surface area contributed by atoms with Gasteiger partial charge in [-0.3, -0.25) is 0 Å². The molecule has 2 nitrogen and oxygen atoms in total. The second-order valence-corrected chi connectivity index (χ2v) is 3.72. The Labute approximate surface area is 73.9 Å². The van der Waals surface area contributed by atoms with E-state index in [2.05, 4.69) is 20.9 Å². The van der Waals surface area contributed by atoms with Crippen LogP contribution in [0.25, 0.3) is 0 Å². The number of anilines is 1. The van der Waals surface area contributed by atoms with E-state index >= 15 is 0 Å². The van der Waals surface area contributed by atoms with E-state index in [1.165, 1.54) is 18.4 Å². The zero-order valence-electron chi connectivity index (χ0n) is 6.05. The molecular weight excluding hydrogens is 204 g/mol. The lowest BCUT2D eigenvalue weighted by Crippen LogP contribution is -1.93. The van der Waals surface area contributed by atoms with E-state index in [0.717, 1.165) is 10.3 Å². The molecule has 1 aliphatic carbocycles. The van der Waals surface area contributed by atoms with Crippen molar-refractivity contribution in [3.8, 4) is 0 Å². The summed E-state index contributed by atoms with van der Waals surface area (Å²) in [5, 5.41) is 0. The van der Waals surface area contributed by atoms with Gasteiger partial charge in [-0.25, -0.2) is 4.98 Å². The summed E-state index contributed by atoms with van der Waals surface area (Å²) in [6, 6.07) is 2.02. The average molecular weight is 213 g/mol. The Morgan fingerprint density at radius 2 is 2.27 bits per heavy atom. The number of nitrogens with two attached hydrogens (primary N) is 1. The highest BCUT2D eigenvalue weighted by Gasteiger charge is 2.25. The topological polar surface area (TPSA) is 38.9 Å². The second kappa shape index (κ2) is 2.48. The molecule has 0 unspecified atom stereocenters. The van der Waals surface area contributed by atoms with E-state index in [0.29, 0.717) is 5.92 Å². The van der Waals surface area contributed by atoms with Gasteiger partial charge in [0.1, 0.15) is 4.60 Å². The SMILES string of the molecule is Nc1cnc(Br)cc1C1CC1. The molecule has 11 heavy (non-hydrogen) atoms. The summed E-state index contributed by atoms with van der Waals surface area (Å²) >= 11 is 3.33. The first-order chi connectivity index (χ1) is 5.27. The predicted molar refractivity (Wildman–Crippen MR) is 48.3 cm³/mol. The van der Waals surface area contributed by atoms with E-state index in [1.807, 2.05) is 6.07 Å². The number of hydrogen-bond acceptors (Lipinski definition) is 2. The number of rotatable bonds is 1. The van der Waals surface area contributed by atoms with Crippen molar-refractivity contribution in [3.05, 3.63) is 22.4 Å². The third-order valence-corrected chi connectivity index (χ3v) is 2.39. The molecule has 0 spiro atoms. The zero-order chi connectivity index (χ0) is 7.84. The number of nitrogen functional groups attached to an aromatic ring is 1. The highest BCUT2D eigenvalue weighted by atomic mass is 79.9. The third kappa shape index (κ3) is 1.38. The number of hydrogen-bond donors (Lipinski definition) is 1. The molecule has 1 fully saturated rings. The number of aromatic nitrogens is 1. The summed E-state index contributed by atoms with van der Waals surface area (Å²) in [7, 11) is 0. The largest absolute Gasteiger partial charge is 0.397 e. The van der Waals surface area contributed by atoms with Gasteiger partial charge in [0.25, 0.3) is 0 Å². The van der Waals surface area contributed by atoms with Crippen LogP contribution >= 0.6 is 15.9 Å². The van der Waals surface area contributed by atoms with E-state index in [9.17, 15) is 0 Å². The van der Waals surface area contributed by atoms with Crippen LogP contribution in [0.5, 0.6) is 0 Å². The monoisotopic (exact) mass is 212 g/mol. The van der Waals surface area contributed by atoms with Crippen molar-refractivity contribution in [2.75, 3.05) is 5.73 Å². The second-order valence-electron chi connectivity index (χ2n) is 2.91. The molecule has 0 saturated heterocycles. The summed E-state index contributed by atoms with van der Waals surface area (Å²) in [6.07, 6.45) is 4.28. The molecule has 1 saturated carbocycles. The standard InChI is InChI=1S/C8H9BrN2/c9-8-3-6(5-1-2-5)7(10)4-11-8/h3-5H,1-2,10H2. The summed E-state index contributed by atoms with van der Waals surface area (Å²) in [5.74, 6) is 0.703. The third-order valence-electron chi connectivity index (χ3n) is 1.95. The summed E-state index contributed by atoms with van der Waals surface area (Å²) < 4.78 is 0.883. The maximum Gasteiger partial charge on any atom is 0.106 e. The first-order valence-corrected chi connectivity index (χ1v) is 4.47. The molecule has 0 bridgehead atoms. The fourth-order valence-corrected chi connectivity index (χ4v) is 1.55. The molecule has 3 heteroatoms. The van der Waals surface area contributed by atoms with E-state index in [4.69, 9.17) is 5.73 Å². The molecule has 0 radical (unpaired) electrons. The fourth-order valence-electron chi connectivity index (χ4n) is 1.20. The molecule has 0 atom stereocenters. The van der Waals surface area contributed by atoms with Crippen LogP contribution in [-0.2, 0) is 0 Å². The summed E-state index contributed by atoms with van der Waals surface area (Å²) in [6.45, 7) is 0. The molecule has 1 heterocycles. The van der Waals surface area contributed by atoms with E-state index in [1.54, 1.807) is 6.20 Å². The van der Waals surface area contributed by atoms with E-state index < -0.39 is 0 Å². The van der Waals surface area contributed by atoms with Gasteiger partial charge in [-0.15, -0.1) is 0 Å². The van der Waals surface area contributed by atoms with Crippen LogP contribution in [0.15, 0.2) is 16.9 Å². The maximum atomic E-state index is 5.75. The Bertz CT molecular complexity index is 281. The molecule has 0 aliphatic heterocycles. The molecule has 1 aliphatic rings. The number of pyridine rings is 1. The van der Waals surface area contributed by atoms with Crippen molar-refractivity contribution in [1.82, 2.24) is 4.98 Å². The zero-order valence-corrected chi connectivity index (χ0v) is 7.63. The molecule has 1 aromatic rings. The Morgan fingerprint density at radius 3 is 2.91 bits per heavy atom. The molecular formula is C8H9BrN2. The molecule has 1 aromatic heterocycles. The fraction of sp³-hybridized carbons (Fsp3) is 0.375. The molecule has 2 N–H and O–H groups in total. The minimum Gasteiger partial charge on any atom is -0.397 e. The van der Waals surface area contributed by atoms with Crippen molar-refractivity contribution < 1.29 is 0 Å². The van der Waals surface area contributed by atoms with Crippen LogP contribution in [0.1, 0.15) is 24.3 Å². The first kappa shape index (κ1) is 7.10. The molecule has 0 aromatic carbocycles. The van der Waals surface area contributed by atoms with Gasteiger partial charge in [0, 0.05) is 0 Å². The Morgan fingerprint density at radius 1 is 1.55 bits per heavy atom. The minimum atomic E-state index is 0.703. The van der Waals surface area contributed by atoms with Gasteiger partial charge in [-0.1, -0.05) is 0 Å². The number of halogens is 1. The lowest BCUT2D eigenvalue weighted by Gasteiger charge is -2.02. The lowest BCUT2D eigenvalue weighted by atomic mass is 10.1. The van der Waals surface area contributed by atoms with Gasteiger partial charge >= 0.3 is 0 Å². The number of nitrogens with zero attached hydrogens (tertiary/aromatic N) is 1. The van der Waals surface area contributed by atoms with Crippen LogP contribution in [0.3, 0.4) is 0 Å². The summed E-state index contributed by atoms with van der Waals surface area (Å²) in [5.41, 5.74) is 7.83. The van der Waals surface area contributed by atoms with Gasteiger partial charge in [0.15, 0.2) is 0 Å². The van der Waals surface area contributed by atoms with Crippen LogP contribution in [-0.4, -0.2) is 4.98 Å². The average Bonchev–Trinajstić information content (AvgIpc) is 2.76. The van der Waals surface area contributed by atoms with Crippen LogP contribution < -0.4 is 5.73 Å². The van der Waals surface area contributed by atoms with Crippen molar-refractivity contribution in [2.24, 2.45) is 0 Å².